The van der Waals surface area contributed by atoms with E-state index in [-0.39, 0.29) is 17.3 Å². The first kappa shape index (κ1) is 17.4. The van der Waals surface area contributed by atoms with Gasteiger partial charge in [-0.05, 0) is 36.8 Å². The molecule has 5 nitrogen and oxygen atoms in total. The van der Waals surface area contributed by atoms with Crippen molar-refractivity contribution in [2.45, 2.75) is 6.92 Å². The van der Waals surface area contributed by atoms with Gasteiger partial charge in [-0.1, -0.05) is 35.9 Å². The molecule has 4 rings (SSSR count). The molecule has 0 bridgehead atoms. The van der Waals surface area contributed by atoms with E-state index in [0.717, 1.165) is 10.9 Å². The number of esters is 1. The lowest BCUT2D eigenvalue weighted by Crippen LogP contribution is -2.09. The van der Waals surface area contributed by atoms with Crippen LogP contribution < -0.4 is 4.74 Å². The van der Waals surface area contributed by atoms with Gasteiger partial charge in [0.2, 0.25) is 0 Å². The molecule has 136 valence electrons. The number of para-hydroxylation sites is 1. The summed E-state index contributed by atoms with van der Waals surface area (Å²) in [7, 11) is 1.60. The fourth-order valence-corrected chi connectivity index (χ4v) is 3.36. The van der Waals surface area contributed by atoms with Crippen LogP contribution in [0.2, 0.25) is 5.15 Å². The number of aromatic nitrogens is 1. The molecule has 2 heterocycles. The molecule has 0 unspecified atom stereocenters. The standard InChI is InChI=1S/C21H16ClNO4/c1-3-26-21(24)17-16(12-8-10-13(25-2)11-9-12)19-18(23-20(17)22)14-6-4-5-7-15(14)27-19/h4-11H,3H2,1-2H3. The van der Waals surface area contributed by atoms with E-state index in [2.05, 4.69) is 4.98 Å². The number of pyridine rings is 1. The molecule has 0 aliphatic rings. The van der Waals surface area contributed by atoms with Gasteiger partial charge in [0.15, 0.2) is 5.58 Å². The zero-order valence-electron chi connectivity index (χ0n) is 14.8. The second-order valence-corrected chi connectivity index (χ2v) is 6.24. The normalized spacial score (nSPS) is 11.1. The Hall–Kier alpha value is -3.05. The number of carbonyl (C=O) groups excluding carboxylic acids is 1. The summed E-state index contributed by atoms with van der Waals surface area (Å²) < 4.78 is 16.5. The summed E-state index contributed by atoms with van der Waals surface area (Å²) in [6, 6.07) is 14.9. The smallest absolute Gasteiger partial charge is 0.342 e. The first-order valence-electron chi connectivity index (χ1n) is 8.46. The molecule has 0 radical (unpaired) electrons. The molecule has 27 heavy (non-hydrogen) atoms. The first-order chi connectivity index (χ1) is 13.1. The average molecular weight is 382 g/mol. The monoisotopic (exact) mass is 381 g/mol. The number of benzene rings is 2. The lowest BCUT2D eigenvalue weighted by atomic mass is 9.99. The second kappa shape index (κ2) is 6.93. The van der Waals surface area contributed by atoms with Crippen LogP contribution in [0.5, 0.6) is 5.75 Å². The summed E-state index contributed by atoms with van der Waals surface area (Å²) in [4.78, 5) is 17.1. The van der Waals surface area contributed by atoms with E-state index < -0.39 is 5.97 Å². The van der Waals surface area contributed by atoms with Crippen molar-refractivity contribution in [1.29, 1.82) is 0 Å². The SMILES string of the molecule is CCOC(=O)c1c(Cl)nc2c(oc3ccccc32)c1-c1ccc(OC)cc1. The summed E-state index contributed by atoms with van der Waals surface area (Å²) in [6.45, 7) is 1.97. The summed E-state index contributed by atoms with van der Waals surface area (Å²) in [5.74, 6) is 0.167. The topological polar surface area (TPSA) is 61.6 Å². The van der Waals surface area contributed by atoms with Crippen LogP contribution in [0.15, 0.2) is 52.9 Å². The van der Waals surface area contributed by atoms with Gasteiger partial charge in [-0.15, -0.1) is 0 Å². The van der Waals surface area contributed by atoms with Gasteiger partial charge in [-0.3, -0.25) is 0 Å². The molecule has 0 fully saturated rings. The Morgan fingerprint density at radius 1 is 1.15 bits per heavy atom. The van der Waals surface area contributed by atoms with Gasteiger partial charge in [-0.25, -0.2) is 9.78 Å². The van der Waals surface area contributed by atoms with E-state index >= 15 is 0 Å². The average Bonchev–Trinajstić information content (AvgIpc) is 3.05. The van der Waals surface area contributed by atoms with Crippen molar-refractivity contribution in [3.05, 3.63) is 59.2 Å². The summed E-state index contributed by atoms with van der Waals surface area (Å²) in [5.41, 5.74) is 3.28. The van der Waals surface area contributed by atoms with Gasteiger partial charge in [0, 0.05) is 10.9 Å². The van der Waals surface area contributed by atoms with Crippen molar-refractivity contribution in [3.63, 3.8) is 0 Å². The number of carbonyl (C=O) groups is 1. The van der Waals surface area contributed by atoms with Crippen LogP contribution in [-0.2, 0) is 4.74 Å². The van der Waals surface area contributed by atoms with E-state index in [1.807, 2.05) is 48.5 Å². The minimum atomic E-state index is -0.539. The molecule has 0 saturated carbocycles. The first-order valence-corrected chi connectivity index (χ1v) is 8.84. The maximum atomic E-state index is 12.6. The molecule has 0 spiro atoms. The largest absolute Gasteiger partial charge is 0.497 e. The van der Waals surface area contributed by atoms with E-state index in [9.17, 15) is 4.79 Å². The van der Waals surface area contributed by atoms with Gasteiger partial charge >= 0.3 is 5.97 Å². The molecule has 6 heteroatoms. The Bertz CT molecular complexity index is 1150. The Morgan fingerprint density at radius 3 is 2.59 bits per heavy atom. The lowest BCUT2D eigenvalue weighted by Gasteiger charge is -2.11. The van der Waals surface area contributed by atoms with Crippen LogP contribution in [0.25, 0.3) is 33.2 Å². The fourth-order valence-electron chi connectivity index (χ4n) is 3.11. The Balaban J connectivity index is 2.09. The molecule has 2 aromatic heterocycles. The van der Waals surface area contributed by atoms with Crippen LogP contribution in [-0.4, -0.2) is 24.7 Å². The highest BCUT2D eigenvalue weighted by Gasteiger charge is 2.26. The number of nitrogens with zero attached hydrogens (tertiary/aromatic N) is 1. The molecule has 0 N–H and O–H groups in total. The molecule has 0 saturated heterocycles. The number of hydrogen-bond donors (Lipinski definition) is 0. The second-order valence-electron chi connectivity index (χ2n) is 5.88. The van der Waals surface area contributed by atoms with Crippen LogP contribution in [0.1, 0.15) is 17.3 Å². The highest BCUT2D eigenvalue weighted by atomic mass is 35.5. The zero-order chi connectivity index (χ0) is 19.0. The van der Waals surface area contributed by atoms with Crippen molar-refractivity contribution < 1.29 is 18.7 Å². The Morgan fingerprint density at radius 2 is 1.89 bits per heavy atom. The number of rotatable bonds is 4. The minimum Gasteiger partial charge on any atom is -0.497 e. The van der Waals surface area contributed by atoms with Gasteiger partial charge in [0.05, 0.1) is 13.7 Å². The predicted molar refractivity (Wildman–Crippen MR) is 104 cm³/mol. The number of furan rings is 1. The maximum absolute atomic E-state index is 12.6. The quantitative estimate of drug-likeness (QED) is 0.345. The Kier molecular flexibility index (Phi) is 4.46. The predicted octanol–water partition coefficient (Wildman–Crippen LogP) is 5.49. The molecule has 2 aromatic carbocycles. The van der Waals surface area contributed by atoms with Crippen molar-refractivity contribution in [3.8, 4) is 16.9 Å². The molecular formula is C21H16ClNO4. The third kappa shape index (κ3) is 2.90. The maximum Gasteiger partial charge on any atom is 0.342 e. The summed E-state index contributed by atoms with van der Waals surface area (Å²) >= 11 is 6.43. The van der Waals surface area contributed by atoms with Crippen molar-refractivity contribution in [2.24, 2.45) is 0 Å². The molecule has 0 amide bonds. The summed E-state index contributed by atoms with van der Waals surface area (Å²) in [5, 5.41) is 0.915. The molecule has 0 atom stereocenters. The fraction of sp³-hybridized carbons (Fsp3) is 0.143. The summed E-state index contributed by atoms with van der Waals surface area (Å²) in [6.07, 6.45) is 0. The van der Waals surface area contributed by atoms with Crippen LogP contribution in [0.3, 0.4) is 0 Å². The van der Waals surface area contributed by atoms with E-state index in [1.54, 1.807) is 14.0 Å². The van der Waals surface area contributed by atoms with Crippen LogP contribution in [0.4, 0.5) is 0 Å². The van der Waals surface area contributed by atoms with Crippen molar-refractivity contribution in [1.82, 2.24) is 4.98 Å². The molecule has 4 aromatic rings. The number of methoxy groups -OCH3 is 1. The van der Waals surface area contributed by atoms with Gasteiger partial charge in [0.25, 0.3) is 0 Å². The number of halogens is 1. The highest BCUT2D eigenvalue weighted by molar-refractivity contribution is 6.34. The van der Waals surface area contributed by atoms with Crippen molar-refractivity contribution >= 4 is 39.6 Å². The van der Waals surface area contributed by atoms with Gasteiger partial charge < -0.3 is 13.9 Å². The van der Waals surface area contributed by atoms with E-state index in [1.165, 1.54) is 0 Å². The van der Waals surface area contributed by atoms with Gasteiger partial charge in [0.1, 0.15) is 27.6 Å². The number of ether oxygens (including phenoxy) is 2. The zero-order valence-corrected chi connectivity index (χ0v) is 15.5. The third-order valence-electron chi connectivity index (χ3n) is 4.32. The van der Waals surface area contributed by atoms with E-state index in [4.69, 9.17) is 25.5 Å². The van der Waals surface area contributed by atoms with Gasteiger partial charge in [-0.2, -0.15) is 0 Å². The molecule has 0 aliphatic heterocycles. The minimum absolute atomic E-state index is 0.0818. The number of hydrogen-bond acceptors (Lipinski definition) is 5. The van der Waals surface area contributed by atoms with Crippen molar-refractivity contribution in [2.75, 3.05) is 13.7 Å². The Labute approximate surface area is 160 Å². The molecular weight excluding hydrogens is 366 g/mol. The third-order valence-corrected chi connectivity index (χ3v) is 4.59. The van der Waals surface area contributed by atoms with Crippen LogP contribution in [0, 0.1) is 0 Å². The highest BCUT2D eigenvalue weighted by Crippen LogP contribution is 2.40. The number of fused-ring (bicyclic) bond motifs is 3. The lowest BCUT2D eigenvalue weighted by molar-refractivity contribution is 0.0527. The van der Waals surface area contributed by atoms with Crippen LogP contribution >= 0.6 is 11.6 Å². The van der Waals surface area contributed by atoms with E-state index in [0.29, 0.717) is 28.0 Å². The molecule has 0 aliphatic carbocycles.